The molecule has 0 unspecified atom stereocenters. The van der Waals surface area contributed by atoms with Crippen molar-refractivity contribution < 1.29 is 17.5 Å². The first-order valence-corrected chi connectivity index (χ1v) is 6.98. The van der Waals surface area contributed by atoms with Crippen molar-refractivity contribution in [1.82, 2.24) is 0 Å². The van der Waals surface area contributed by atoms with Gasteiger partial charge in [-0.2, -0.15) is 0 Å². The fourth-order valence-electron chi connectivity index (χ4n) is 1.38. The SMILES string of the molecule is CCOCCCS(=O)(=O)c1cc(F)ccc1N. The number of ether oxygens (including phenoxy) is 1. The van der Waals surface area contributed by atoms with Crippen LogP contribution in [0.3, 0.4) is 0 Å². The number of benzene rings is 1. The molecule has 0 saturated heterocycles. The first kappa shape index (κ1) is 13.9. The highest BCUT2D eigenvalue weighted by molar-refractivity contribution is 7.91. The monoisotopic (exact) mass is 261 g/mol. The highest BCUT2D eigenvalue weighted by atomic mass is 32.2. The number of nitrogen functional groups attached to an aromatic ring is 1. The van der Waals surface area contributed by atoms with Crippen LogP contribution in [0, 0.1) is 5.82 Å². The van der Waals surface area contributed by atoms with Gasteiger partial charge in [0.15, 0.2) is 9.84 Å². The maximum absolute atomic E-state index is 13.0. The molecule has 0 aliphatic heterocycles. The minimum atomic E-state index is -3.54. The van der Waals surface area contributed by atoms with Gasteiger partial charge in [0.1, 0.15) is 5.82 Å². The van der Waals surface area contributed by atoms with Crippen molar-refractivity contribution in [3.63, 3.8) is 0 Å². The molecule has 1 rings (SSSR count). The number of sulfone groups is 1. The Morgan fingerprint density at radius 1 is 1.41 bits per heavy atom. The van der Waals surface area contributed by atoms with Crippen molar-refractivity contribution in [2.24, 2.45) is 0 Å². The zero-order valence-electron chi connectivity index (χ0n) is 9.65. The first-order valence-electron chi connectivity index (χ1n) is 5.33. The van der Waals surface area contributed by atoms with Crippen LogP contribution in [0.15, 0.2) is 23.1 Å². The lowest BCUT2D eigenvalue weighted by Crippen LogP contribution is -2.11. The molecule has 1 aromatic rings. The predicted octanol–water partition coefficient (Wildman–Crippen LogP) is 1.61. The second-order valence-corrected chi connectivity index (χ2v) is 5.63. The zero-order valence-corrected chi connectivity index (χ0v) is 10.5. The zero-order chi connectivity index (χ0) is 12.9. The molecule has 6 heteroatoms. The van der Waals surface area contributed by atoms with Crippen molar-refractivity contribution >= 4 is 15.5 Å². The third-order valence-electron chi connectivity index (χ3n) is 2.22. The molecule has 17 heavy (non-hydrogen) atoms. The molecule has 0 aromatic heterocycles. The van der Waals surface area contributed by atoms with E-state index in [-0.39, 0.29) is 16.3 Å². The molecule has 4 nitrogen and oxygen atoms in total. The fraction of sp³-hybridized carbons (Fsp3) is 0.455. The molecule has 0 aliphatic rings. The maximum Gasteiger partial charge on any atom is 0.180 e. The van der Waals surface area contributed by atoms with Crippen molar-refractivity contribution in [2.45, 2.75) is 18.2 Å². The Balaban J connectivity index is 2.79. The molecule has 0 spiro atoms. The predicted molar refractivity (Wildman–Crippen MR) is 64.0 cm³/mol. The Labute approximate surface area is 101 Å². The normalized spacial score (nSPS) is 11.6. The summed E-state index contributed by atoms with van der Waals surface area (Å²) in [7, 11) is -3.54. The van der Waals surface area contributed by atoms with Gasteiger partial charge >= 0.3 is 0 Å². The summed E-state index contributed by atoms with van der Waals surface area (Å²) in [6.07, 6.45) is 0.367. The molecule has 0 aliphatic carbocycles. The summed E-state index contributed by atoms with van der Waals surface area (Å²) in [5, 5.41) is 0. The molecule has 0 bridgehead atoms. The van der Waals surface area contributed by atoms with Gasteiger partial charge in [0.25, 0.3) is 0 Å². The summed E-state index contributed by atoms with van der Waals surface area (Å²) in [6, 6.07) is 3.34. The number of hydrogen-bond donors (Lipinski definition) is 1. The van der Waals surface area contributed by atoms with Crippen molar-refractivity contribution in [3.8, 4) is 0 Å². The van der Waals surface area contributed by atoms with Gasteiger partial charge in [-0.15, -0.1) is 0 Å². The van der Waals surface area contributed by atoms with Gasteiger partial charge in [0, 0.05) is 13.2 Å². The summed E-state index contributed by atoms with van der Waals surface area (Å²) in [6.45, 7) is 2.74. The van der Waals surface area contributed by atoms with Crippen LogP contribution in [0.1, 0.15) is 13.3 Å². The molecule has 0 saturated carbocycles. The Kier molecular flexibility index (Phi) is 4.89. The van der Waals surface area contributed by atoms with E-state index < -0.39 is 15.7 Å². The van der Waals surface area contributed by atoms with Gasteiger partial charge in [-0.25, -0.2) is 12.8 Å². The Bertz CT molecular complexity index is 474. The summed E-state index contributed by atoms with van der Waals surface area (Å²) in [5.41, 5.74) is 5.60. The third kappa shape index (κ3) is 3.98. The number of hydrogen-bond acceptors (Lipinski definition) is 4. The minimum absolute atomic E-state index is 0.0720. The molecular weight excluding hydrogens is 245 g/mol. The standard InChI is InChI=1S/C11H16FNO3S/c1-2-16-6-3-7-17(14,15)11-8-9(12)4-5-10(11)13/h4-5,8H,2-3,6-7,13H2,1H3. The fourth-order valence-corrected chi connectivity index (χ4v) is 2.82. The number of anilines is 1. The summed E-state index contributed by atoms with van der Waals surface area (Å²) in [5.74, 6) is -0.705. The average molecular weight is 261 g/mol. The molecule has 0 fully saturated rings. The third-order valence-corrected chi connectivity index (χ3v) is 4.07. The van der Waals surface area contributed by atoms with Crippen LogP contribution >= 0.6 is 0 Å². The second kappa shape index (κ2) is 5.97. The van der Waals surface area contributed by atoms with E-state index >= 15 is 0 Å². The highest BCUT2D eigenvalue weighted by Crippen LogP contribution is 2.21. The van der Waals surface area contributed by atoms with Gasteiger partial charge in [0.2, 0.25) is 0 Å². The van der Waals surface area contributed by atoms with E-state index in [9.17, 15) is 12.8 Å². The van der Waals surface area contributed by atoms with E-state index in [2.05, 4.69) is 0 Å². The van der Waals surface area contributed by atoms with E-state index in [1.54, 1.807) is 0 Å². The van der Waals surface area contributed by atoms with Gasteiger partial charge < -0.3 is 10.5 Å². The largest absolute Gasteiger partial charge is 0.398 e. The Morgan fingerprint density at radius 3 is 2.76 bits per heavy atom. The van der Waals surface area contributed by atoms with Gasteiger partial charge in [-0.1, -0.05) is 0 Å². The highest BCUT2D eigenvalue weighted by Gasteiger charge is 2.18. The molecule has 96 valence electrons. The summed E-state index contributed by atoms with van der Waals surface area (Å²) >= 11 is 0. The second-order valence-electron chi connectivity index (χ2n) is 3.55. The molecule has 0 heterocycles. The number of nitrogens with two attached hydrogens (primary N) is 1. The van der Waals surface area contributed by atoms with Crippen LogP contribution in [0.2, 0.25) is 0 Å². The van der Waals surface area contributed by atoms with Crippen molar-refractivity contribution in [2.75, 3.05) is 24.7 Å². The van der Waals surface area contributed by atoms with Crippen molar-refractivity contribution in [1.29, 1.82) is 0 Å². The quantitative estimate of drug-likeness (QED) is 0.624. The van der Waals surface area contributed by atoms with E-state index in [0.29, 0.717) is 19.6 Å². The lowest BCUT2D eigenvalue weighted by Gasteiger charge is -2.07. The topological polar surface area (TPSA) is 69.4 Å². The van der Waals surface area contributed by atoms with E-state index in [1.807, 2.05) is 6.92 Å². The van der Waals surface area contributed by atoms with E-state index in [0.717, 1.165) is 12.1 Å². The van der Waals surface area contributed by atoms with Crippen LogP contribution in [0.5, 0.6) is 0 Å². The van der Waals surface area contributed by atoms with Crippen molar-refractivity contribution in [3.05, 3.63) is 24.0 Å². The van der Waals surface area contributed by atoms with E-state index in [1.165, 1.54) is 6.07 Å². The minimum Gasteiger partial charge on any atom is -0.398 e. The van der Waals surface area contributed by atoms with Crippen LogP contribution in [-0.4, -0.2) is 27.4 Å². The molecule has 2 N–H and O–H groups in total. The van der Waals surface area contributed by atoms with Crippen LogP contribution in [0.25, 0.3) is 0 Å². The van der Waals surface area contributed by atoms with Gasteiger partial charge in [-0.3, -0.25) is 0 Å². The molecule has 0 atom stereocenters. The lowest BCUT2D eigenvalue weighted by molar-refractivity contribution is 0.148. The molecule has 1 aromatic carbocycles. The summed E-state index contributed by atoms with van der Waals surface area (Å²) < 4.78 is 41.8. The van der Waals surface area contributed by atoms with Gasteiger partial charge in [0.05, 0.1) is 16.3 Å². The smallest absolute Gasteiger partial charge is 0.180 e. The molecule has 0 radical (unpaired) electrons. The summed E-state index contributed by atoms with van der Waals surface area (Å²) in [4.78, 5) is -0.144. The Morgan fingerprint density at radius 2 is 2.12 bits per heavy atom. The lowest BCUT2D eigenvalue weighted by atomic mass is 10.3. The van der Waals surface area contributed by atoms with Gasteiger partial charge in [-0.05, 0) is 31.5 Å². The number of rotatable bonds is 6. The number of halogens is 1. The molecular formula is C11H16FNO3S. The maximum atomic E-state index is 13.0. The molecule has 0 amide bonds. The van der Waals surface area contributed by atoms with Crippen LogP contribution in [-0.2, 0) is 14.6 Å². The van der Waals surface area contributed by atoms with E-state index in [4.69, 9.17) is 10.5 Å². The van der Waals surface area contributed by atoms with Crippen LogP contribution in [0.4, 0.5) is 10.1 Å². The first-order chi connectivity index (χ1) is 7.97. The van der Waals surface area contributed by atoms with Crippen LogP contribution < -0.4 is 5.73 Å². The Hall–Kier alpha value is -1.14. The average Bonchev–Trinajstić information content (AvgIpc) is 2.28.